The third-order valence-corrected chi connectivity index (χ3v) is 3.20. The fourth-order valence-corrected chi connectivity index (χ4v) is 2.28. The molecule has 1 aliphatic rings. The number of aromatic nitrogens is 2. The molecule has 1 heterocycles. The van der Waals surface area contributed by atoms with E-state index in [1.807, 2.05) is 16.9 Å². The molecule has 1 saturated carbocycles. The first kappa shape index (κ1) is 16.3. The summed E-state index contributed by atoms with van der Waals surface area (Å²) < 4.78 is 1.91. The Morgan fingerprint density at radius 2 is 2.21 bits per heavy atom. The monoisotopic (exact) mass is 377 g/mol. The van der Waals surface area contributed by atoms with Gasteiger partial charge in [0.15, 0.2) is 5.96 Å². The first-order chi connectivity index (χ1) is 8.88. The van der Waals surface area contributed by atoms with Gasteiger partial charge in [0.05, 0.1) is 13.1 Å². The molecule has 1 aromatic heterocycles. The van der Waals surface area contributed by atoms with Crippen LogP contribution in [0.15, 0.2) is 23.5 Å². The Balaban J connectivity index is 0.00000180. The van der Waals surface area contributed by atoms with E-state index in [4.69, 9.17) is 0 Å². The van der Waals surface area contributed by atoms with E-state index < -0.39 is 0 Å². The smallest absolute Gasteiger partial charge is 0.191 e. The molecule has 0 amide bonds. The summed E-state index contributed by atoms with van der Waals surface area (Å²) in [5, 5.41) is 11.0. The highest BCUT2D eigenvalue weighted by Crippen LogP contribution is 2.17. The SMILES string of the molecule is CCNC(=NCCn1cccn1)NC1CCCC1.I. The first-order valence-electron chi connectivity index (χ1n) is 6.90. The number of guanidine groups is 1. The third kappa shape index (κ3) is 5.80. The second-order valence-corrected chi connectivity index (χ2v) is 4.66. The number of halogens is 1. The van der Waals surface area contributed by atoms with Crippen LogP contribution in [-0.2, 0) is 6.54 Å². The molecule has 2 N–H and O–H groups in total. The van der Waals surface area contributed by atoms with Crippen LogP contribution < -0.4 is 10.6 Å². The van der Waals surface area contributed by atoms with Crippen LogP contribution >= 0.6 is 24.0 Å². The van der Waals surface area contributed by atoms with Crippen molar-refractivity contribution in [3.05, 3.63) is 18.5 Å². The fraction of sp³-hybridized carbons (Fsp3) is 0.692. The molecule has 0 radical (unpaired) electrons. The lowest BCUT2D eigenvalue weighted by Crippen LogP contribution is -2.42. The van der Waals surface area contributed by atoms with Gasteiger partial charge in [0.1, 0.15) is 0 Å². The molecule has 0 spiro atoms. The molecule has 1 aromatic rings. The van der Waals surface area contributed by atoms with Gasteiger partial charge < -0.3 is 10.6 Å². The average Bonchev–Trinajstić information content (AvgIpc) is 3.02. The molecule has 0 aromatic carbocycles. The Morgan fingerprint density at radius 3 is 2.84 bits per heavy atom. The normalized spacial score (nSPS) is 16.2. The minimum absolute atomic E-state index is 0. The minimum Gasteiger partial charge on any atom is -0.357 e. The van der Waals surface area contributed by atoms with E-state index in [2.05, 4.69) is 27.6 Å². The number of aliphatic imine (C=N–C) groups is 1. The zero-order chi connectivity index (χ0) is 12.6. The summed E-state index contributed by atoms with van der Waals surface area (Å²) in [6, 6.07) is 2.54. The third-order valence-electron chi connectivity index (χ3n) is 3.20. The van der Waals surface area contributed by atoms with Crippen molar-refractivity contribution in [1.82, 2.24) is 20.4 Å². The van der Waals surface area contributed by atoms with Gasteiger partial charge in [0.25, 0.3) is 0 Å². The molecule has 0 aliphatic heterocycles. The highest BCUT2D eigenvalue weighted by molar-refractivity contribution is 14.0. The van der Waals surface area contributed by atoms with Crippen LogP contribution in [-0.4, -0.2) is 34.9 Å². The molecule has 2 rings (SSSR count). The van der Waals surface area contributed by atoms with Gasteiger partial charge in [-0.15, -0.1) is 24.0 Å². The molecule has 0 unspecified atom stereocenters. The van der Waals surface area contributed by atoms with Crippen molar-refractivity contribution in [3.8, 4) is 0 Å². The highest BCUT2D eigenvalue weighted by atomic mass is 127. The summed E-state index contributed by atoms with van der Waals surface area (Å²) in [5.74, 6) is 0.941. The van der Waals surface area contributed by atoms with E-state index in [1.165, 1.54) is 25.7 Å². The van der Waals surface area contributed by atoms with Crippen molar-refractivity contribution in [2.45, 2.75) is 45.2 Å². The molecule has 0 saturated heterocycles. The maximum atomic E-state index is 4.59. The van der Waals surface area contributed by atoms with Crippen molar-refractivity contribution in [2.24, 2.45) is 4.99 Å². The maximum Gasteiger partial charge on any atom is 0.191 e. The Morgan fingerprint density at radius 1 is 1.42 bits per heavy atom. The molecule has 0 bridgehead atoms. The lowest BCUT2D eigenvalue weighted by Gasteiger charge is -2.16. The van der Waals surface area contributed by atoms with Crippen LogP contribution in [0.4, 0.5) is 0 Å². The molecule has 0 atom stereocenters. The summed E-state index contributed by atoms with van der Waals surface area (Å²) in [4.78, 5) is 4.59. The van der Waals surface area contributed by atoms with Crippen molar-refractivity contribution < 1.29 is 0 Å². The summed E-state index contributed by atoms with van der Waals surface area (Å²) in [7, 11) is 0. The zero-order valence-corrected chi connectivity index (χ0v) is 13.8. The molecule has 5 nitrogen and oxygen atoms in total. The largest absolute Gasteiger partial charge is 0.357 e. The highest BCUT2D eigenvalue weighted by Gasteiger charge is 2.15. The zero-order valence-electron chi connectivity index (χ0n) is 11.5. The van der Waals surface area contributed by atoms with Crippen molar-refractivity contribution >= 4 is 29.9 Å². The first-order valence-corrected chi connectivity index (χ1v) is 6.90. The predicted octanol–water partition coefficient (Wildman–Crippen LogP) is 2.00. The van der Waals surface area contributed by atoms with E-state index in [9.17, 15) is 0 Å². The average molecular weight is 377 g/mol. The topological polar surface area (TPSA) is 54.2 Å². The van der Waals surface area contributed by atoms with Gasteiger partial charge in [0, 0.05) is 25.0 Å². The van der Waals surface area contributed by atoms with Crippen LogP contribution in [0.25, 0.3) is 0 Å². The van der Waals surface area contributed by atoms with Gasteiger partial charge in [-0.3, -0.25) is 9.67 Å². The quantitative estimate of drug-likeness (QED) is 0.469. The Bertz CT molecular complexity index is 357. The van der Waals surface area contributed by atoms with Crippen LogP contribution in [0.2, 0.25) is 0 Å². The molecule has 1 aliphatic carbocycles. The van der Waals surface area contributed by atoms with E-state index in [1.54, 1.807) is 6.20 Å². The second-order valence-electron chi connectivity index (χ2n) is 4.66. The summed E-state index contributed by atoms with van der Waals surface area (Å²) >= 11 is 0. The molecular weight excluding hydrogens is 353 g/mol. The number of hydrogen-bond acceptors (Lipinski definition) is 2. The number of rotatable bonds is 5. The van der Waals surface area contributed by atoms with Gasteiger partial charge in [-0.2, -0.15) is 5.10 Å². The van der Waals surface area contributed by atoms with Gasteiger partial charge in [0.2, 0.25) is 0 Å². The summed E-state index contributed by atoms with van der Waals surface area (Å²) in [6.45, 7) is 4.58. The minimum atomic E-state index is 0. The lowest BCUT2D eigenvalue weighted by molar-refractivity contribution is 0.599. The molecule has 19 heavy (non-hydrogen) atoms. The van der Waals surface area contributed by atoms with Gasteiger partial charge in [-0.05, 0) is 25.8 Å². The van der Waals surface area contributed by atoms with Gasteiger partial charge in [-0.25, -0.2) is 0 Å². The maximum absolute atomic E-state index is 4.59. The molecule has 1 fully saturated rings. The van der Waals surface area contributed by atoms with Crippen molar-refractivity contribution in [2.75, 3.05) is 13.1 Å². The fourth-order valence-electron chi connectivity index (χ4n) is 2.28. The van der Waals surface area contributed by atoms with Crippen LogP contribution in [0.3, 0.4) is 0 Å². The van der Waals surface area contributed by atoms with Crippen molar-refractivity contribution in [1.29, 1.82) is 0 Å². The number of nitrogens with one attached hydrogen (secondary N) is 2. The van der Waals surface area contributed by atoms with Gasteiger partial charge in [-0.1, -0.05) is 12.8 Å². The van der Waals surface area contributed by atoms with E-state index in [-0.39, 0.29) is 24.0 Å². The van der Waals surface area contributed by atoms with Crippen LogP contribution in [0.1, 0.15) is 32.6 Å². The summed E-state index contributed by atoms with van der Waals surface area (Å²) in [5.41, 5.74) is 0. The Labute approximate surface area is 132 Å². The second kappa shape index (κ2) is 9.17. The molecule has 108 valence electrons. The van der Waals surface area contributed by atoms with E-state index >= 15 is 0 Å². The summed E-state index contributed by atoms with van der Waals surface area (Å²) in [6.07, 6.45) is 8.97. The molecule has 6 heteroatoms. The van der Waals surface area contributed by atoms with E-state index in [0.29, 0.717) is 6.04 Å². The van der Waals surface area contributed by atoms with Gasteiger partial charge >= 0.3 is 0 Å². The Kier molecular flexibility index (Phi) is 7.85. The van der Waals surface area contributed by atoms with Crippen molar-refractivity contribution in [3.63, 3.8) is 0 Å². The van der Waals surface area contributed by atoms with Crippen LogP contribution in [0.5, 0.6) is 0 Å². The molecular formula is C13H24IN5. The lowest BCUT2D eigenvalue weighted by atomic mass is 10.2. The van der Waals surface area contributed by atoms with E-state index in [0.717, 1.165) is 25.6 Å². The Hall–Kier alpha value is -0.790. The van der Waals surface area contributed by atoms with Crippen LogP contribution in [0, 0.1) is 0 Å². The standard InChI is InChI=1S/C13H23N5.HI/c1-2-14-13(17-12-6-3-4-7-12)15-9-11-18-10-5-8-16-18;/h5,8,10,12H,2-4,6-7,9,11H2,1H3,(H2,14,15,17);1H. The predicted molar refractivity (Wildman–Crippen MR) is 89.0 cm³/mol. The number of nitrogens with zero attached hydrogens (tertiary/aromatic N) is 3. The number of hydrogen-bond donors (Lipinski definition) is 2.